The van der Waals surface area contributed by atoms with Crippen molar-refractivity contribution in [3.05, 3.63) is 85.1 Å². The van der Waals surface area contributed by atoms with Crippen LogP contribution < -0.4 is 16.0 Å². The van der Waals surface area contributed by atoms with Crippen molar-refractivity contribution in [2.45, 2.75) is 38.3 Å². The van der Waals surface area contributed by atoms with Crippen molar-refractivity contribution < 1.29 is 19.1 Å². The third kappa shape index (κ3) is 10.1. The molecule has 0 saturated heterocycles. The zero-order valence-electron chi connectivity index (χ0n) is 24.3. The van der Waals surface area contributed by atoms with E-state index in [0.717, 1.165) is 28.3 Å². The van der Waals surface area contributed by atoms with E-state index in [-0.39, 0.29) is 24.9 Å². The molecule has 0 fully saturated rings. The molecule has 0 saturated carbocycles. The summed E-state index contributed by atoms with van der Waals surface area (Å²) in [6.45, 7) is 0.259. The van der Waals surface area contributed by atoms with E-state index < -0.39 is 12.0 Å². The molecule has 4 heterocycles. The number of esters is 1. The van der Waals surface area contributed by atoms with Crippen LogP contribution in [0.15, 0.2) is 79.4 Å². The van der Waals surface area contributed by atoms with Crippen LogP contribution in [0.3, 0.4) is 0 Å². The first-order valence-electron chi connectivity index (χ1n) is 14.1. The van der Waals surface area contributed by atoms with E-state index >= 15 is 0 Å². The van der Waals surface area contributed by atoms with Gasteiger partial charge < -0.3 is 20.7 Å². The topological polar surface area (TPSA) is 153 Å². The van der Waals surface area contributed by atoms with Crippen molar-refractivity contribution in [1.29, 1.82) is 0 Å². The second kappa shape index (κ2) is 16.6. The Bertz CT molecular complexity index is 1550. The molecule has 4 rings (SSSR count). The van der Waals surface area contributed by atoms with Crippen molar-refractivity contribution in [2.24, 2.45) is 0 Å². The third-order valence-corrected chi connectivity index (χ3v) is 6.77. The molecule has 0 unspecified atom stereocenters. The number of pyridine rings is 3. The van der Waals surface area contributed by atoms with Gasteiger partial charge in [0.15, 0.2) is 0 Å². The number of ether oxygens (including phenoxy) is 1. The number of rotatable bonds is 15. The molecule has 13 heteroatoms. The van der Waals surface area contributed by atoms with Gasteiger partial charge in [-0.05, 0) is 55.7 Å². The van der Waals surface area contributed by atoms with Crippen molar-refractivity contribution in [3.8, 4) is 22.6 Å². The molecular weight excluding hydrogens is 580 g/mol. The summed E-state index contributed by atoms with van der Waals surface area (Å²) >= 11 is 5.57. The summed E-state index contributed by atoms with van der Waals surface area (Å²) in [6, 6.07) is 16.2. The average molecular weight is 615 g/mol. The van der Waals surface area contributed by atoms with E-state index in [1.807, 2.05) is 54.6 Å². The van der Waals surface area contributed by atoms with E-state index in [9.17, 15) is 14.4 Å². The van der Waals surface area contributed by atoms with Crippen molar-refractivity contribution in [1.82, 2.24) is 40.7 Å². The van der Waals surface area contributed by atoms with E-state index in [0.29, 0.717) is 37.2 Å². The molecule has 0 aromatic carbocycles. The highest BCUT2D eigenvalue weighted by Crippen LogP contribution is 2.15. The Morgan fingerprint density at radius 2 is 1.68 bits per heavy atom. The van der Waals surface area contributed by atoms with Gasteiger partial charge in [-0.25, -0.2) is 0 Å². The highest BCUT2D eigenvalue weighted by Gasteiger charge is 2.20. The first kappa shape index (κ1) is 31.9. The highest BCUT2D eigenvalue weighted by atomic mass is 32.1. The Balaban J connectivity index is 1.25. The fourth-order valence-corrected chi connectivity index (χ4v) is 4.58. The molecule has 4 aromatic rings. The maximum absolute atomic E-state index is 12.9. The van der Waals surface area contributed by atoms with Gasteiger partial charge in [-0.15, -0.1) is 0 Å². The Morgan fingerprint density at radius 1 is 0.932 bits per heavy atom. The molecule has 0 aliphatic carbocycles. The van der Waals surface area contributed by atoms with Gasteiger partial charge in [-0.2, -0.15) is 5.10 Å². The smallest absolute Gasteiger partial charge is 0.325 e. The molecule has 3 N–H and O–H groups in total. The molecule has 4 aromatic heterocycles. The second-order valence-electron chi connectivity index (χ2n) is 9.81. The predicted octanol–water partition coefficient (Wildman–Crippen LogP) is 2.51. The molecule has 0 aliphatic rings. The van der Waals surface area contributed by atoms with E-state index in [2.05, 4.69) is 40.7 Å². The third-order valence-electron chi connectivity index (χ3n) is 6.50. The Kier molecular flexibility index (Phi) is 12.0. The zero-order chi connectivity index (χ0) is 31.1. The minimum atomic E-state index is -0.684. The molecule has 2 amide bonds. The van der Waals surface area contributed by atoms with E-state index in [4.69, 9.17) is 12.2 Å². The van der Waals surface area contributed by atoms with E-state index in [1.54, 1.807) is 29.5 Å². The summed E-state index contributed by atoms with van der Waals surface area (Å²) in [4.78, 5) is 50.7. The summed E-state index contributed by atoms with van der Waals surface area (Å²) in [5, 5.41) is 12.8. The maximum Gasteiger partial charge on any atom is 0.325 e. The number of aromatic nitrogens is 5. The number of hydrogen-bond donors (Lipinski definition) is 3. The van der Waals surface area contributed by atoms with Gasteiger partial charge in [0, 0.05) is 42.8 Å². The number of amides is 2. The van der Waals surface area contributed by atoms with Gasteiger partial charge in [-0.1, -0.05) is 30.4 Å². The number of methoxy groups -OCH3 is 1. The average Bonchev–Trinajstić information content (AvgIpc) is 3.52. The molecule has 0 bridgehead atoms. The number of carbonyl (C=O) groups is 3. The minimum absolute atomic E-state index is 0.0801. The van der Waals surface area contributed by atoms with Crippen LogP contribution in [0.2, 0.25) is 0 Å². The van der Waals surface area contributed by atoms with Crippen LogP contribution in [0.5, 0.6) is 0 Å². The van der Waals surface area contributed by atoms with Crippen LogP contribution in [0, 0.1) is 0 Å². The van der Waals surface area contributed by atoms with Gasteiger partial charge in [0.1, 0.15) is 19.1 Å². The van der Waals surface area contributed by atoms with Gasteiger partial charge >= 0.3 is 5.97 Å². The monoisotopic (exact) mass is 614 g/mol. The molecule has 0 radical (unpaired) electrons. The van der Waals surface area contributed by atoms with Crippen LogP contribution in [-0.4, -0.2) is 73.7 Å². The molecule has 1 atom stereocenters. The van der Waals surface area contributed by atoms with Crippen molar-refractivity contribution in [3.63, 3.8) is 0 Å². The number of nitrogens with one attached hydrogen (secondary N) is 3. The van der Waals surface area contributed by atoms with Crippen LogP contribution in [0.4, 0.5) is 0 Å². The van der Waals surface area contributed by atoms with Gasteiger partial charge in [0.25, 0.3) is 0 Å². The lowest BCUT2D eigenvalue weighted by Gasteiger charge is -2.20. The normalized spacial score (nSPS) is 11.3. The Morgan fingerprint density at radius 3 is 2.41 bits per heavy atom. The van der Waals surface area contributed by atoms with Gasteiger partial charge in [0.2, 0.25) is 11.8 Å². The van der Waals surface area contributed by atoms with Gasteiger partial charge in [0.05, 0.1) is 35.4 Å². The largest absolute Gasteiger partial charge is 0.468 e. The highest BCUT2D eigenvalue weighted by molar-refractivity contribution is 7.80. The molecule has 0 aliphatic heterocycles. The Labute approximate surface area is 260 Å². The zero-order valence-corrected chi connectivity index (χ0v) is 25.1. The molecule has 228 valence electrons. The SMILES string of the molecule is COC(=O)CNC(=O)[C@H](CCCCNC(=O)Cn1cc(-c2ccccn2)cn1)NC(=S)Cc1cccc(-c2ccccn2)n1. The number of unbranched alkanes of at least 4 members (excludes halogenated alkanes) is 1. The van der Waals surface area contributed by atoms with Crippen LogP contribution in [-0.2, 0) is 32.1 Å². The molecule has 12 nitrogen and oxygen atoms in total. The van der Waals surface area contributed by atoms with Gasteiger partial charge in [-0.3, -0.25) is 34.0 Å². The molecule has 44 heavy (non-hydrogen) atoms. The molecule has 0 spiro atoms. The summed E-state index contributed by atoms with van der Waals surface area (Å²) < 4.78 is 6.19. The fourth-order valence-electron chi connectivity index (χ4n) is 4.29. The summed E-state index contributed by atoms with van der Waals surface area (Å²) in [6.07, 6.45) is 8.86. The number of carbonyl (C=O) groups excluding carboxylic acids is 3. The number of nitrogens with zero attached hydrogens (tertiary/aromatic N) is 5. The fraction of sp³-hybridized carbons (Fsp3) is 0.290. The van der Waals surface area contributed by atoms with Crippen LogP contribution >= 0.6 is 12.2 Å². The first-order valence-corrected chi connectivity index (χ1v) is 14.5. The quantitative estimate of drug-likeness (QED) is 0.103. The number of thiocarbonyl (C=S) groups is 1. The number of hydrogen-bond acceptors (Lipinski definition) is 9. The molecular formula is C31H34N8O4S. The van der Waals surface area contributed by atoms with Crippen molar-refractivity contribution in [2.75, 3.05) is 20.2 Å². The van der Waals surface area contributed by atoms with Crippen LogP contribution in [0.25, 0.3) is 22.6 Å². The summed E-state index contributed by atoms with van der Waals surface area (Å²) in [5.74, 6) is -1.10. The lowest BCUT2D eigenvalue weighted by molar-refractivity contribution is -0.141. The van der Waals surface area contributed by atoms with E-state index in [1.165, 1.54) is 7.11 Å². The van der Waals surface area contributed by atoms with Crippen molar-refractivity contribution >= 4 is 35.0 Å². The predicted molar refractivity (Wildman–Crippen MR) is 168 cm³/mol. The summed E-state index contributed by atoms with van der Waals surface area (Å²) in [5.41, 5.74) is 3.82. The lowest BCUT2D eigenvalue weighted by atomic mass is 10.1. The second-order valence-corrected chi connectivity index (χ2v) is 10.3. The first-order chi connectivity index (χ1) is 21.4. The maximum atomic E-state index is 12.9. The standard InChI is InChI=1S/C31H34N8O4S/c1-43-30(41)19-35-31(42)27(38-29(44)17-23-9-8-13-26(37-23)25-11-3-6-15-33-25)12-4-7-16-34-28(40)21-39-20-22(18-36-39)24-10-2-5-14-32-24/h2-3,5-6,8-11,13-15,18,20,27H,4,7,12,16-17,19,21H2,1H3,(H,34,40)(H,35,42)(H,38,44)/t27-/m0/s1. The minimum Gasteiger partial charge on any atom is -0.468 e. The van der Waals surface area contributed by atoms with Crippen LogP contribution in [0.1, 0.15) is 25.0 Å². The lowest BCUT2D eigenvalue weighted by Crippen LogP contribution is -2.48. The Hall–Kier alpha value is -5.04. The summed E-state index contributed by atoms with van der Waals surface area (Å²) in [7, 11) is 1.26.